The normalized spacial score (nSPS) is 23.0. The Bertz CT molecular complexity index is 663. The van der Waals surface area contributed by atoms with Crippen molar-refractivity contribution in [3.8, 4) is 0 Å². The molecule has 2 aromatic rings. The van der Waals surface area contributed by atoms with Crippen LogP contribution in [0.5, 0.6) is 0 Å². The summed E-state index contributed by atoms with van der Waals surface area (Å²) >= 11 is 1.72. The quantitative estimate of drug-likeness (QED) is 0.908. The average molecular weight is 303 g/mol. The van der Waals surface area contributed by atoms with E-state index in [0.29, 0.717) is 12.0 Å². The van der Waals surface area contributed by atoms with E-state index in [9.17, 15) is 0 Å². The van der Waals surface area contributed by atoms with Crippen molar-refractivity contribution in [3.05, 3.63) is 10.9 Å². The highest BCUT2D eigenvalue weighted by Crippen LogP contribution is 2.33. The maximum atomic E-state index is 5.87. The maximum absolute atomic E-state index is 5.87. The average Bonchev–Trinajstić information content (AvgIpc) is 3.06. The molecule has 1 saturated carbocycles. The van der Waals surface area contributed by atoms with E-state index in [1.807, 2.05) is 0 Å². The number of nitrogens with zero attached hydrogens (tertiary/aromatic N) is 3. The van der Waals surface area contributed by atoms with Gasteiger partial charge in [0.05, 0.1) is 5.39 Å². The third-order valence-electron chi connectivity index (χ3n) is 4.43. The fourth-order valence-corrected chi connectivity index (χ4v) is 4.12. The standard InChI is InChI=1S/C15H21N5S/c1-2-11-7-12-13(18-15(16)19-14(12)21-11)17-9-5-6-20(8-9)10-3-4-10/h7,9-10H,2-6,8H2,1H3,(H3,16,17,18,19). The van der Waals surface area contributed by atoms with Crippen LogP contribution >= 0.6 is 11.3 Å². The van der Waals surface area contributed by atoms with Crippen molar-refractivity contribution in [2.45, 2.75) is 44.7 Å². The highest BCUT2D eigenvalue weighted by Gasteiger charge is 2.34. The Kier molecular flexibility index (Phi) is 3.23. The fraction of sp³-hybridized carbons (Fsp3) is 0.600. The van der Waals surface area contributed by atoms with Crippen LogP contribution in [-0.2, 0) is 6.42 Å². The van der Waals surface area contributed by atoms with E-state index in [1.54, 1.807) is 11.3 Å². The van der Waals surface area contributed by atoms with Gasteiger partial charge >= 0.3 is 0 Å². The fourth-order valence-electron chi connectivity index (χ4n) is 3.14. The molecule has 21 heavy (non-hydrogen) atoms. The molecule has 0 aromatic carbocycles. The summed E-state index contributed by atoms with van der Waals surface area (Å²) < 4.78 is 0. The Morgan fingerprint density at radius 2 is 2.24 bits per heavy atom. The molecule has 3 heterocycles. The minimum Gasteiger partial charge on any atom is -0.368 e. The van der Waals surface area contributed by atoms with E-state index in [1.165, 1.54) is 30.7 Å². The summed E-state index contributed by atoms with van der Waals surface area (Å²) in [5, 5.41) is 4.73. The number of hydrogen-bond donors (Lipinski definition) is 2. The molecule has 112 valence electrons. The molecule has 1 unspecified atom stereocenters. The van der Waals surface area contributed by atoms with Gasteiger partial charge in [0.1, 0.15) is 10.6 Å². The predicted octanol–water partition coefficient (Wildman–Crippen LogP) is 2.48. The van der Waals surface area contributed by atoms with Crippen LogP contribution in [0.3, 0.4) is 0 Å². The zero-order valence-electron chi connectivity index (χ0n) is 12.3. The van der Waals surface area contributed by atoms with Crippen molar-refractivity contribution >= 4 is 33.3 Å². The monoisotopic (exact) mass is 303 g/mol. The van der Waals surface area contributed by atoms with Gasteiger partial charge in [0.25, 0.3) is 0 Å². The maximum Gasteiger partial charge on any atom is 0.223 e. The molecule has 5 nitrogen and oxygen atoms in total. The Hall–Kier alpha value is -1.40. The minimum absolute atomic E-state index is 0.367. The number of aryl methyl sites for hydroxylation is 1. The number of nitrogens with two attached hydrogens (primary N) is 1. The Balaban J connectivity index is 1.58. The minimum atomic E-state index is 0.367. The van der Waals surface area contributed by atoms with Crippen molar-refractivity contribution in [1.29, 1.82) is 0 Å². The summed E-state index contributed by atoms with van der Waals surface area (Å²) in [5.41, 5.74) is 5.87. The van der Waals surface area contributed by atoms with E-state index in [0.717, 1.165) is 35.0 Å². The highest BCUT2D eigenvalue weighted by molar-refractivity contribution is 7.18. The number of likely N-dealkylation sites (tertiary alicyclic amines) is 1. The number of nitrogens with one attached hydrogen (secondary N) is 1. The van der Waals surface area contributed by atoms with Crippen LogP contribution in [0.1, 0.15) is 31.1 Å². The van der Waals surface area contributed by atoms with Crippen molar-refractivity contribution < 1.29 is 0 Å². The van der Waals surface area contributed by atoms with Crippen LogP contribution < -0.4 is 11.1 Å². The van der Waals surface area contributed by atoms with E-state index < -0.39 is 0 Å². The van der Waals surface area contributed by atoms with Crippen molar-refractivity contribution in [2.24, 2.45) is 0 Å². The molecule has 0 bridgehead atoms. The molecule has 2 fully saturated rings. The van der Waals surface area contributed by atoms with Crippen molar-refractivity contribution in [3.63, 3.8) is 0 Å². The second kappa shape index (κ2) is 5.10. The molecule has 1 aliphatic carbocycles. The Morgan fingerprint density at radius 3 is 3.00 bits per heavy atom. The number of thiophene rings is 1. The summed E-state index contributed by atoms with van der Waals surface area (Å²) in [6.45, 7) is 4.50. The molecule has 3 N–H and O–H groups in total. The van der Waals surface area contributed by atoms with Gasteiger partial charge in [0, 0.05) is 30.1 Å². The van der Waals surface area contributed by atoms with Gasteiger partial charge < -0.3 is 11.1 Å². The van der Waals surface area contributed by atoms with Gasteiger partial charge in [0.2, 0.25) is 5.95 Å². The molecule has 0 amide bonds. The lowest BCUT2D eigenvalue weighted by Crippen LogP contribution is -2.28. The van der Waals surface area contributed by atoms with Gasteiger partial charge in [-0.2, -0.15) is 4.98 Å². The number of nitrogen functional groups attached to an aromatic ring is 1. The molecule has 4 rings (SSSR count). The number of aromatic nitrogens is 2. The van der Waals surface area contributed by atoms with Gasteiger partial charge in [-0.3, -0.25) is 4.90 Å². The van der Waals surface area contributed by atoms with Gasteiger partial charge in [-0.25, -0.2) is 4.98 Å². The first-order valence-corrected chi connectivity index (χ1v) is 8.61. The van der Waals surface area contributed by atoms with E-state index in [4.69, 9.17) is 5.73 Å². The Labute approximate surface area is 128 Å². The van der Waals surface area contributed by atoms with Crippen LogP contribution in [0.4, 0.5) is 11.8 Å². The third-order valence-corrected chi connectivity index (χ3v) is 5.61. The second-order valence-electron chi connectivity index (χ2n) is 6.07. The SMILES string of the molecule is CCc1cc2c(NC3CCN(C4CC4)C3)nc(N)nc2s1. The van der Waals surface area contributed by atoms with Crippen molar-refractivity contribution in [1.82, 2.24) is 14.9 Å². The second-order valence-corrected chi connectivity index (χ2v) is 7.19. The molecule has 0 radical (unpaired) electrons. The van der Waals surface area contributed by atoms with Crippen LogP contribution in [0.25, 0.3) is 10.2 Å². The summed E-state index contributed by atoms with van der Waals surface area (Å²) in [7, 11) is 0. The predicted molar refractivity (Wildman–Crippen MR) is 87.8 cm³/mol. The van der Waals surface area contributed by atoms with Crippen molar-refractivity contribution in [2.75, 3.05) is 24.1 Å². The van der Waals surface area contributed by atoms with Crippen LogP contribution in [0.15, 0.2) is 6.07 Å². The molecule has 1 aliphatic heterocycles. The highest BCUT2D eigenvalue weighted by atomic mass is 32.1. The zero-order chi connectivity index (χ0) is 14.4. The van der Waals surface area contributed by atoms with Crippen LogP contribution in [0.2, 0.25) is 0 Å². The Morgan fingerprint density at radius 1 is 1.38 bits per heavy atom. The molecular formula is C15H21N5S. The topological polar surface area (TPSA) is 67.1 Å². The lowest BCUT2D eigenvalue weighted by molar-refractivity contribution is 0.326. The summed E-state index contributed by atoms with van der Waals surface area (Å²) in [6, 6.07) is 3.53. The van der Waals surface area contributed by atoms with E-state index in [-0.39, 0.29) is 0 Å². The van der Waals surface area contributed by atoms with Gasteiger partial charge in [-0.1, -0.05) is 6.92 Å². The first kappa shape index (κ1) is 13.3. The first-order valence-electron chi connectivity index (χ1n) is 7.79. The number of hydrogen-bond acceptors (Lipinski definition) is 6. The van der Waals surface area contributed by atoms with Gasteiger partial charge in [0.15, 0.2) is 0 Å². The lowest BCUT2D eigenvalue weighted by Gasteiger charge is -2.16. The van der Waals surface area contributed by atoms with Gasteiger partial charge in [-0.15, -0.1) is 11.3 Å². The number of anilines is 2. The smallest absolute Gasteiger partial charge is 0.223 e. The summed E-state index contributed by atoms with van der Waals surface area (Å²) in [4.78, 5) is 13.7. The number of fused-ring (bicyclic) bond motifs is 1. The third kappa shape index (κ3) is 2.58. The van der Waals surface area contributed by atoms with E-state index >= 15 is 0 Å². The molecule has 2 aliphatic rings. The van der Waals surface area contributed by atoms with Crippen LogP contribution in [0, 0.1) is 0 Å². The number of rotatable bonds is 4. The largest absolute Gasteiger partial charge is 0.368 e. The molecule has 2 aromatic heterocycles. The van der Waals surface area contributed by atoms with Crippen LogP contribution in [-0.4, -0.2) is 40.0 Å². The summed E-state index contributed by atoms with van der Waals surface area (Å²) in [6.07, 6.45) is 4.97. The summed E-state index contributed by atoms with van der Waals surface area (Å²) in [5.74, 6) is 1.28. The lowest BCUT2D eigenvalue weighted by atomic mass is 10.2. The first-order chi connectivity index (χ1) is 10.2. The molecule has 0 spiro atoms. The van der Waals surface area contributed by atoms with Gasteiger partial charge in [-0.05, 0) is 31.7 Å². The van der Waals surface area contributed by atoms with E-state index in [2.05, 4.69) is 33.2 Å². The zero-order valence-corrected chi connectivity index (χ0v) is 13.1. The molecule has 1 saturated heterocycles. The molecule has 1 atom stereocenters. The molecule has 6 heteroatoms. The molecular weight excluding hydrogens is 282 g/mol.